The van der Waals surface area contributed by atoms with Gasteiger partial charge >= 0.3 is 12.4 Å². The normalized spacial score (nSPS) is 18.9. The second-order valence-electron chi connectivity index (χ2n) is 6.10. The molecule has 0 radical (unpaired) electrons. The third kappa shape index (κ3) is 8.11. The Bertz CT molecular complexity index is 615. The molecule has 0 aliphatic carbocycles. The average Bonchev–Trinajstić information content (AvgIpc) is 2.96. The van der Waals surface area contributed by atoms with Gasteiger partial charge in [-0.05, 0) is 24.1 Å². The zero-order valence-corrected chi connectivity index (χ0v) is 16.8. The number of hydrogen-bond donors (Lipinski definition) is 2. The van der Waals surface area contributed by atoms with Gasteiger partial charge in [0.2, 0.25) is 0 Å². The fourth-order valence-corrected chi connectivity index (χ4v) is 2.73. The Morgan fingerprint density at radius 3 is 2.30 bits per heavy atom. The van der Waals surface area contributed by atoms with Crippen molar-refractivity contribution in [3.05, 3.63) is 35.4 Å². The van der Waals surface area contributed by atoms with Crippen LogP contribution in [0.15, 0.2) is 29.3 Å². The Hall–Kier alpha value is -1.24. The summed E-state index contributed by atoms with van der Waals surface area (Å²) in [6.07, 6.45) is -8.05. The van der Waals surface area contributed by atoms with E-state index in [0.29, 0.717) is 24.5 Å². The van der Waals surface area contributed by atoms with E-state index in [-0.39, 0.29) is 43.1 Å². The molecule has 4 nitrogen and oxygen atoms in total. The lowest BCUT2D eigenvalue weighted by Gasteiger charge is -2.20. The summed E-state index contributed by atoms with van der Waals surface area (Å²) in [5.41, 5.74) is -0.0921. The monoisotopic (exact) mass is 510 g/mol. The lowest BCUT2D eigenvalue weighted by atomic mass is 10.1. The van der Waals surface area contributed by atoms with Crippen LogP contribution < -0.4 is 10.6 Å². The van der Waals surface area contributed by atoms with Crippen LogP contribution in [-0.4, -0.2) is 49.8 Å². The maximum Gasteiger partial charge on any atom is 0.416 e. The van der Waals surface area contributed by atoms with Crippen LogP contribution in [-0.2, 0) is 12.7 Å². The first-order valence-electron chi connectivity index (χ1n) is 7.99. The van der Waals surface area contributed by atoms with Crippen LogP contribution in [0.3, 0.4) is 0 Å². The molecular formula is C16H21F6IN4. The van der Waals surface area contributed by atoms with Gasteiger partial charge in [0, 0.05) is 32.7 Å². The van der Waals surface area contributed by atoms with Crippen molar-refractivity contribution < 1.29 is 26.3 Å². The first kappa shape index (κ1) is 23.8. The smallest absolute Gasteiger partial charge is 0.352 e. The Morgan fingerprint density at radius 1 is 1.15 bits per heavy atom. The number of nitrogens with zero attached hydrogens (tertiary/aromatic N) is 2. The van der Waals surface area contributed by atoms with Gasteiger partial charge in [-0.1, -0.05) is 12.1 Å². The Balaban J connectivity index is 0.00000364. The first-order chi connectivity index (χ1) is 12.1. The van der Waals surface area contributed by atoms with E-state index in [9.17, 15) is 26.3 Å². The standard InChI is InChI=1S/C16H20F6N4.HI/c1-23-14(25-13-6-7-26(9-13)10-15(17,18)19)24-8-11-2-4-12(5-3-11)16(20,21)22;/h2-5,13H,6-10H2,1H3,(H2,23,24,25);1H. The van der Waals surface area contributed by atoms with E-state index in [1.165, 1.54) is 24.1 Å². The van der Waals surface area contributed by atoms with E-state index in [4.69, 9.17) is 0 Å². The highest BCUT2D eigenvalue weighted by atomic mass is 127. The molecule has 0 bridgehead atoms. The third-order valence-electron chi connectivity index (χ3n) is 3.98. The molecule has 1 atom stereocenters. The van der Waals surface area contributed by atoms with E-state index in [1.54, 1.807) is 0 Å². The number of benzene rings is 1. The quantitative estimate of drug-likeness (QED) is 0.282. The summed E-state index contributed by atoms with van der Waals surface area (Å²) >= 11 is 0. The summed E-state index contributed by atoms with van der Waals surface area (Å²) < 4.78 is 74.8. The second kappa shape index (κ2) is 9.80. The van der Waals surface area contributed by atoms with Crippen molar-refractivity contribution in [1.29, 1.82) is 0 Å². The number of alkyl halides is 6. The fraction of sp³-hybridized carbons (Fsp3) is 0.562. The predicted molar refractivity (Wildman–Crippen MR) is 101 cm³/mol. The van der Waals surface area contributed by atoms with Crippen molar-refractivity contribution in [1.82, 2.24) is 15.5 Å². The van der Waals surface area contributed by atoms with Crippen LogP contribution >= 0.6 is 24.0 Å². The SMILES string of the molecule is CN=C(NCc1ccc(C(F)(F)F)cc1)NC1CCN(CC(F)(F)F)C1.I. The van der Waals surface area contributed by atoms with E-state index < -0.39 is 24.5 Å². The topological polar surface area (TPSA) is 39.7 Å². The number of halogens is 7. The molecule has 1 fully saturated rings. The molecule has 0 saturated carbocycles. The molecule has 27 heavy (non-hydrogen) atoms. The van der Waals surface area contributed by atoms with Crippen molar-refractivity contribution in [2.75, 3.05) is 26.7 Å². The van der Waals surface area contributed by atoms with Gasteiger partial charge in [-0.15, -0.1) is 24.0 Å². The van der Waals surface area contributed by atoms with Gasteiger partial charge < -0.3 is 10.6 Å². The van der Waals surface area contributed by atoms with Crippen LogP contribution in [0.5, 0.6) is 0 Å². The van der Waals surface area contributed by atoms with Gasteiger partial charge in [0.25, 0.3) is 0 Å². The average molecular weight is 510 g/mol. The highest BCUT2D eigenvalue weighted by Crippen LogP contribution is 2.29. The minimum absolute atomic E-state index is 0. The molecule has 1 aromatic rings. The molecule has 1 aromatic carbocycles. The van der Waals surface area contributed by atoms with Gasteiger partial charge in [-0.2, -0.15) is 26.3 Å². The summed E-state index contributed by atoms with van der Waals surface area (Å²) in [7, 11) is 1.52. The van der Waals surface area contributed by atoms with E-state index in [2.05, 4.69) is 15.6 Å². The number of likely N-dealkylation sites (tertiary alicyclic amines) is 1. The van der Waals surface area contributed by atoms with Gasteiger partial charge in [0.05, 0.1) is 12.1 Å². The fourth-order valence-electron chi connectivity index (χ4n) is 2.73. The number of rotatable bonds is 4. The lowest BCUT2D eigenvalue weighted by molar-refractivity contribution is -0.143. The van der Waals surface area contributed by atoms with Gasteiger partial charge in [0.1, 0.15) is 0 Å². The van der Waals surface area contributed by atoms with Crippen molar-refractivity contribution in [2.24, 2.45) is 4.99 Å². The minimum Gasteiger partial charge on any atom is -0.352 e. The van der Waals surface area contributed by atoms with Crippen LogP contribution in [0.4, 0.5) is 26.3 Å². The summed E-state index contributed by atoms with van der Waals surface area (Å²) in [6, 6.07) is 4.56. The molecule has 1 unspecified atom stereocenters. The molecule has 0 aromatic heterocycles. The molecule has 1 aliphatic rings. The van der Waals surface area contributed by atoms with Crippen molar-refractivity contribution >= 4 is 29.9 Å². The van der Waals surface area contributed by atoms with Crippen molar-refractivity contribution in [3.63, 3.8) is 0 Å². The molecule has 1 saturated heterocycles. The minimum atomic E-state index is -4.38. The van der Waals surface area contributed by atoms with Crippen LogP contribution in [0.25, 0.3) is 0 Å². The third-order valence-corrected chi connectivity index (χ3v) is 3.98. The number of guanidine groups is 1. The zero-order valence-electron chi connectivity index (χ0n) is 14.5. The predicted octanol–water partition coefficient (Wildman–Crippen LogP) is 3.63. The first-order valence-corrected chi connectivity index (χ1v) is 7.99. The largest absolute Gasteiger partial charge is 0.416 e. The van der Waals surface area contributed by atoms with Gasteiger partial charge in [-0.3, -0.25) is 9.89 Å². The second-order valence-corrected chi connectivity index (χ2v) is 6.10. The summed E-state index contributed by atoms with van der Waals surface area (Å²) in [6.45, 7) is -0.104. The Kier molecular flexibility index (Phi) is 8.64. The van der Waals surface area contributed by atoms with Crippen LogP contribution in [0.2, 0.25) is 0 Å². The molecule has 154 valence electrons. The highest BCUT2D eigenvalue weighted by molar-refractivity contribution is 14.0. The van der Waals surface area contributed by atoms with E-state index in [0.717, 1.165) is 12.1 Å². The summed E-state index contributed by atoms with van der Waals surface area (Å²) in [4.78, 5) is 5.32. The molecule has 2 rings (SSSR count). The van der Waals surface area contributed by atoms with Crippen LogP contribution in [0, 0.1) is 0 Å². The summed E-state index contributed by atoms with van der Waals surface area (Å²) in [5, 5.41) is 5.99. The molecule has 0 amide bonds. The molecule has 0 spiro atoms. The van der Waals surface area contributed by atoms with E-state index in [1.807, 2.05) is 0 Å². The number of hydrogen-bond acceptors (Lipinski definition) is 2. The van der Waals surface area contributed by atoms with Crippen molar-refractivity contribution in [2.45, 2.75) is 31.4 Å². The van der Waals surface area contributed by atoms with Gasteiger partial charge in [-0.25, -0.2) is 0 Å². The Labute approximate surface area is 170 Å². The lowest BCUT2D eigenvalue weighted by Crippen LogP contribution is -2.44. The number of aliphatic imine (C=N–C) groups is 1. The molecule has 2 N–H and O–H groups in total. The maximum atomic E-state index is 12.5. The summed E-state index contributed by atoms with van der Waals surface area (Å²) in [5.74, 6) is 0.392. The van der Waals surface area contributed by atoms with E-state index >= 15 is 0 Å². The number of nitrogens with one attached hydrogen (secondary N) is 2. The molecular weight excluding hydrogens is 489 g/mol. The van der Waals surface area contributed by atoms with Gasteiger partial charge in [0.15, 0.2) is 5.96 Å². The highest BCUT2D eigenvalue weighted by Gasteiger charge is 2.34. The Morgan fingerprint density at radius 2 is 1.78 bits per heavy atom. The van der Waals surface area contributed by atoms with Crippen molar-refractivity contribution in [3.8, 4) is 0 Å². The molecule has 1 heterocycles. The molecule has 1 aliphatic heterocycles. The van der Waals surface area contributed by atoms with Crippen LogP contribution in [0.1, 0.15) is 17.5 Å². The maximum absolute atomic E-state index is 12.5. The molecule has 11 heteroatoms. The zero-order chi connectivity index (χ0) is 19.4.